The van der Waals surface area contributed by atoms with E-state index in [9.17, 15) is 4.79 Å². The minimum atomic E-state index is -2.79. The van der Waals surface area contributed by atoms with E-state index in [2.05, 4.69) is 55.0 Å². The Morgan fingerprint density at radius 1 is 0.933 bits per heavy atom. The van der Waals surface area contributed by atoms with Crippen molar-refractivity contribution in [1.82, 2.24) is 9.97 Å². The molecule has 7 rings (SSSR count). The first kappa shape index (κ1) is 32.0. The Morgan fingerprint density at radius 3 is 1.91 bits per heavy atom. The summed E-state index contributed by atoms with van der Waals surface area (Å²) in [5, 5.41) is 2.39. The van der Waals surface area contributed by atoms with Crippen LogP contribution in [-0.4, -0.2) is 49.8 Å². The van der Waals surface area contributed by atoms with E-state index in [0.717, 1.165) is 29.6 Å². The fraction of sp³-hybridized carbons (Fsp3) is 0.514. The van der Waals surface area contributed by atoms with Crippen LogP contribution in [0.4, 0.5) is 4.39 Å². The van der Waals surface area contributed by atoms with E-state index in [1.54, 1.807) is 6.26 Å². The number of nitrogens with two attached hydrogens (primary N) is 1. The number of halogens is 1. The maximum absolute atomic E-state index is 16.0. The van der Waals surface area contributed by atoms with E-state index >= 15 is 4.39 Å². The van der Waals surface area contributed by atoms with Gasteiger partial charge in [-0.25, -0.2) is 0 Å². The first-order valence-electron chi connectivity index (χ1n) is 16.0. The second-order valence-electron chi connectivity index (χ2n) is 14.2. The first-order chi connectivity index (χ1) is 21.5. The Hall–Kier alpha value is -2.95. The number of thioether (sulfide) groups is 1. The monoisotopic (exact) mass is 649 g/mol. The summed E-state index contributed by atoms with van der Waals surface area (Å²) in [6.45, 7) is 6.91. The molecule has 0 radical (unpaired) electrons. The van der Waals surface area contributed by atoms with Crippen molar-refractivity contribution in [1.29, 1.82) is 0 Å². The molecular weight excluding hydrogens is 606 g/mol. The van der Waals surface area contributed by atoms with Gasteiger partial charge in [-0.1, -0.05) is 93.2 Å². The lowest BCUT2D eigenvalue weighted by Gasteiger charge is -2.58. The number of carbonyl (C=O) groups excluding carboxylic acids is 1. The Bertz CT molecular complexity index is 1430. The second kappa shape index (κ2) is 12.7. The molecule has 1 atom stereocenters. The van der Waals surface area contributed by atoms with Crippen LogP contribution in [0.5, 0.6) is 11.8 Å². The minimum Gasteiger partial charge on any atom is -0.473 e. The van der Waals surface area contributed by atoms with Crippen LogP contribution < -0.4 is 25.6 Å². The van der Waals surface area contributed by atoms with Crippen LogP contribution in [0.3, 0.4) is 0 Å². The molecule has 4 aliphatic carbocycles. The topological polar surface area (TPSA) is 96.6 Å². The van der Waals surface area contributed by atoms with Crippen molar-refractivity contribution in [3.05, 3.63) is 66.5 Å². The van der Waals surface area contributed by atoms with E-state index in [-0.39, 0.29) is 35.4 Å². The Labute approximate surface area is 271 Å². The van der Waals surface area contributed by atoms with Crippen LogP contribution in [-0.2, 0) is 9.22 Å². The van der Waals surface area contributed by atoms with Gasteiger partial charge in [-0.2, -0.15) is 14.4 Å². The van der Waals surface area contributed by atoms with Crippen molar-refractivity contribution in [3.63, 3.8) is 0 Å². The lowest BCUT2D eigenvalue weighted by atomic mass is 9.48. The molecule has 4 saturated carbocycles. The third-order valence-electron chi connectivity index (χ3n) is 10.1. The van der Waals surface area contributed by atoms with Crippen molar-refractivity contribution >= 4 is 36.4 Å². The molecule has 240 valence electrons. The number of aromatic nitrogens is 2. The zero-order chi connectivity index (χ0) is 31.8. The molecule has 4 fully saturated rings. The standard InChI is InChI=1S/C35H44FN3O4SSi/c1-34(2,3)45(26-11-7-5-8-12-26,27-13-9-6-10-14-27)42-16-15-41-31-28(36)32(39-33(38-31)44-4)43-29(30(37)40)35-20-23-17-24(21-35)19-25(18-23)22-35/h5-14,23-25,29H,15-22H2,1-4H3,(H2,37,40). The van der Waals surface area contributed by atoms with Gasteiger partial charge >= 0.3 is 0 Å². The van der Waals surface area contributed by atoms with Gasteiger partial charge in [-0.3, -0.25) is 4.79 Å². The van der Waals surface area contributed by atoms with E-state index < -0.39 is 26.1 Å². The van der Waals surface area contributed by atoms with Gasteiger partial charge in [0.25, 0.3) is 26.0 Å². The van der Waals surface area contributed by atoms with Gasteiger partial charge in [-0.15, -0.1) is 0 Å². The number of benzene rings is 2. The Morgan fingerprint density at radius 2 is 1.44 bits per heavy atom. The van der Waals surface area contributed by atoms with Crippen molar-refractivity contribution in [2.45, 2.75) is 75.6 Å². The SMILES string of the molecule is CSc1nc(OCCO[Si](c2ccccc2)(c2ccccc2)C(C)(C)C)c(F)c(OC(C(N)=O)C23CC4CC(CC(C4)C2)C3)n1. The van der Waals surface area contributed by atoms with E-state index in [1.165, 1.54) is 31.0 Å². The number of nitrogens with zero attached hydrogens (tertiary/aromatic N) is 2. The van der Waals surface area contributed by atoms with Gasteiger partial charge in [-0.05, 0) is 77.9 Å². The summed E-state index contributed by atoms with van der Waals surface area (Å²) in [4.78, 5) is 21.5. The van der Waals surface area contributed by atoms with E-state index in [4.69, 9.17) is 19.6 Å². The van der Waals surface area contributed by atoms with Crippen LogP contribution in [0, 0.1) is 29.0 Å². The quantitative estimate of drug-likeness (QED) is 0.116. The predicted molar refractivity (Wildman–Crippen MR) is 177 cm³/mol. The van der Waals surface area contributed by atoms with Crippen LogP contribution in [0.1, 0.15) is 59.3 Å². The molecule has 1 unspecified atom stereocenters. The van der Waals surface area contributed by atoms with Crippen molar-refractivity contribution in [2.75, 3.05) is 19.5 Å². The highest BCUT2D eigenvalue weighted by Crippen LogP contribution is 2.61. The van der Waals surface area contributed by atoms with E-state index in [1.807, 2.05) is 36.4 Å². The fourth-order valence-electron chi connectivity index (χ4n) is 8.84. The number of hydrogen-bond acceptors (Lipinski definition) is 7. The average molecular weight is 650 g/mol. The molecule has 0 spiro atoms. The Balaban J connectivity index is 1.23. The number of carbonyl (C=O) groups is 1. The molecular formula is C35H44FN3O4SSi. The van der Waals surface area contributed by atoms with Gasteiger partial charge in [0.2, 0.25) is 5.82 Å². The summed E-state index contributed by atoms with van der Waals surface area (Å²) in [7, 11) is -2.79. The van der Waals surface area contributed by atoms with Crippen LogP contribution >= 0.6 is 11.8 Å². The highest BCUT2D eigenvalue weighted by molar-refractivity contribution is 7.98. The summed E-state index contributed by atoms with van der Waals surface area (Å²) in [6, 6.07) is 20.7. The van der Waals surface area contributed by atoms with Gasteiger partial charge in [0.05, 0.1) is 6.61 Å². The highest BCUT2D eigenvalue weighted by atomic mass is 32.2. The van der Waals surface area contributed by atoms with Crippen molar-refractivity contribution < 1.29 is 23.1 Å². The van der Waals surface area contributed by atoms with E-state index in [0.29, 0.717) is 22.9 Å². The number of rotatable bonds is 12. The molecule has 0 saturated heterocycles. The maximum atomic E-state index is 16.0. The van der Waals surface area contributed by atoms with Gasteiger partial charge in [0.1, 0.15) is 6.61 Å². The zero-order valence-corrected chi connectivity index (χ0v) is 28.4. The van der Waals surface area contributed by atoms with Crippen molar-refractivity contribution in [2.24, 2.45) is 28.9 Å². The summed E-state index contributed by atoms with van der Waals surface area (Å²) in [5.74, 6) is -0.161. The number of amides is 1. The lowest BCUT2D eigenvalue weighted by Crippen LogP contribution is -2.66. The van der Waals surface area contributed by atoms with Crippen LogP contribution in [0.15, 0.2) is 65.8 Å². The minimum absolute atomic E-state index is 0.0694. The molecule has 7 nitrogen and oxygen atoms in total. The molecule has 1 amide bonds. The molecule has 1 aromatic heterocycles. The molecule has 2 aromatic carbocycles. The van der Waals surface area contributed by atoms with Gasteiger partial charge in [0, 0.05) is 5.41 Å². The molecule has 10 heteroatoms. The van der Waals surface area contributed by atoms with Crippen LogP contribution in [0.25, 0.3) is 0 Å². The Kier molecular flexibility index (Phi) is 9.02. The number of hydrogen-bond donors (Lipinski definition) is 1. The third kappa shape index (κ3) is 6.13. The number of ether oxygens (including phenoxy) is 2. The summed E-state index contributed by atoms with van der Waals surface area (Å²) in [6.07, 6.45) is 7.13. The first-order valence-corrected chi connectivity index (χ1v) is 19.1. The molecule has 3 aromatic rings. The van der Waals surface area contributed by atoms with Gasteiger partial charge in [0.15, 0.2) is 11.3 Å². The molecule has 1 heterocycles. The summed E-state index contributed by atoms with van der Waals surface area (Å²) >= 11 is 1.25. The van der Waals surface area contributed by atoms with Crippen LogP contribution in [0.2, 0.25) is 5.04 Å². The van der Waals surface area contributed by atoms with Crippen molar-refractivity contribution in [3.8, 4) is 11.8 Å². The molecule has 45 heavy (non-hydrogen) atoms. The molecule has 4 bridgehead atoms. The third-order valence-corrected chi connectivity index (χ3v) is 15.7. The average Bonchev–Trinajstić information content (AvgIpc) is 3.00. The smallest absolute Gasteiger partial charge is 0.261 e. The molecule has 2 N–H and O–H groups in total. The normalized spacial score (nSPS) is 24.8. The summed E-state index contributed by atoms with van der Waals surface area (Å²) < 4.78 is 35.0. The molecule has 0 aliphatic heterocycles. The molecule has 4 aliphatic rings. The number of primary amides is 1. The fourth-order valence-corrected chi connectivity index (χ4v) is 13.7. The zero-order valence-electron chi connectivity index (χ0n) is 26.6. The summed E-state index contributed by atoms with van der Waals surface area (Å²) in [5.41, 5.74) is 5.58. The second-order valence-corrected chi connectivity index (χ2v) is 19.3. The lowest BCUT2D eigenvalue weighted by molar-refractivity contribution is -0.148. The maximum Gasteiger partial charge on any atom is 0.261 e. The largest absolute Gasteiger partial charge is 0.473 e. The highest BCUT2D eigenvalue weighted by Gasteiger charge is 2.57. The van der Waals surface area contributed by atoms with Gasteiger partial charge < -0.3 is 19.6 Å². The predicted octanol–water partition coefficient (Wildman–Crippen LogP) is 5.74.